The predicted molar refractivity (Wildman–Crippen MR) is 102 cm³/mol. The average molecular weight is 392 g/mol. The Labute approximate surface area is 166 Å². The van der Waals surface area contributed by atoms with E-state index in [-0.39, 0.29) is 11.8 Å². The second-order valence-electron chi connectivity index (χ2n) is 9.72. The lowest BCUT2D eigenvalue weighted by Gasteiger charge is -2.47. The fourth-order valence-electron chi connectivity index (χ4n) is 6.33. The summed E-state index contributed by atoms with van der Waals surface area (Å²) in [6.45, 7) is 11.6. The molecule has 0 aromatic heterocycles. The van der Waals surface area contributed by atoms with Gasteiger partial charge in [0.15, 0.2) is 11.2 Å². The van der Waals surface area contributed by atoms with Crippen LogP contribution in [0.4, 0.5) is 0 Å². The molecule has 2 saturated heterocycles. The molecule has 28 heavy (non-hydrogen) atoms. The topological polar surface area (TPSA) is 88.5 Å². The summed E-state index contributed by atoms with van der Waals surface area (Å²) in [5.74, 6) is -1.78. The van der Waals surface area contributed by atoms with Crippen molar-refractivity contribution in [3.05, 3.63) is 23.8 Å². The highest BCUT2D eigenvalue weighted by molar-refractivity contribution is 5.66. The van der Waals surface area contributed by atoms with E-state index in [2.05, 4.69) is 20.4 Å². The van der Waals surface area contributed by atoms with Gasteiger partial charge in [-0.1, -0.05) is 37.6 Å². The van der Waals surface area contributed by atoms with Gasteiger partial charge in [0, 0.05) is 18.8 Å². The first kappa shape index (κ1) is 20.1. The van der Waals surface area contributed by atoms with Gasteiger partial charge in [0.05, 0.1) is 6.10 Å². The van der Waals surface area contributed by atoms with Crippen LogP contribution < -0.4 is 0 Å². The summed E-state index contributed by atoms with van der Waals surface area (Å²) in [4.78, 5) is 11.7. The monoisotopic (exact) mass is 392 g/mol. The van der Waals surface area contributed by atoms with Crippen LogP contribution in [0.3, 0.4) is 0 Å². The van der Waals surface area contributed by atoms with Crippen molar-refractivity contribution in [1.82, 2.24) is 0 Å². The Morgan fingerprint density at radius 3 is 2.75 bits per heavy atom. The van der Waals surface area contributed by atoms with Crippen molar-refractivity contribution in [1.29, 1.82) is 0 Å². The number of fused-ring (bicyclic) bond motifs is 1. The lowest BCUT2D eigenvalue weighted by atomic mass is 9.54. The Bertz CT molecular complexity index is 741. The zero-order valence-corrected chi connectivity index (χ0v) is 17.3. The summed E-state index contributed by atoms with van der Waals surface area (Å²) < 4.78 is 17.9. The minimum absolute atomic E-state index is 0.187. The first-order chi connectivity index (χ1) is 13.0. The number of hydrogen-bond acceptors (Lipinski definition) is 6. The van der Waals surface area contributed by atoms with Crippen LogP contribution in [0.15, 0.2) is 23.8 Å². The second-order valence-corrected chi connectivity index (χ2v) is 9.72. The maximum atomic E-state index is 11.8. The van der Waals surface area contributed by atoms with Gasteiger partial charge in [0.25, 0.3) is 0 Å². The molecule has 3 fully saturated rings. The van der Waals surface area contributed by atoms with E-state index in [0.717, 1.165) is 30.4 Å². The van der Waals surface area contributed by atoms with Gasteiger partial charge >= 0.3 is 5.97 Å². The number of rotatable bonds is 1. The molecule has 6 heteroatoms. The Kier molecular flexibility index (Phi) is 4.41. The van der Waals surface area contributed by atoms with Crippen molar-refractivity contribution >= 4 is 5.97 Å². The smallest absolute Gasteiger partial charge is 0.305 e. The zero-order chi connectivity index (χ0) is 20.5. The number of esters is 1. The maximum Gasteiger partial charge on any atom is 0.305 e. The fourth-order valence-corrected chi connectivity index (χ4v) is 6.33. The van der Waals surface area contributed by atoms with Gasteiger partial charge in [-0.15, -0.1) is 0 Å². The standard InChI is InChI=1S/C22H32O6/c1-13-6-7-16-8-9-20-18(26-15(3)23)27-21(25,12-14(2)11-17(24)10-13)22(20,28-20)19(16,4)5/h11,16-18,24-25H,1,6-10,12H2,2-5H3. The van der Waals surface area contributed by atoms with Crippen LogP contribution in [0.5, 0.6) is 0 Å². The highest BCUT2D eigenvalue weighted by Crippen LogP contribution is 2.77. The molecule has 0 amide bonds. The van der Waals surface area contributed by atoms with Crippen molar-refractivity contribution < 1.29 is 29.2 Å². The molecule has 156 valence electrons. The molecule has 6 atom stereocenters. The lowest BCUT2D eigenvalue weighted by Crippen LogP contribution is -2.59. The number of ether oxygens (including phenoxy) is 3. The number of hydrogen-bond donors (Lipinski definition) is 2. The molecular weight excluding hydrogens is 360 g/mol. The summed E-state index contributed by atoms with van der Waals surface area (Å²) in [7, 11) is 0. The highest BCUT2D eigenvalue weighted by atomic mass is 16.8. The average Bonchev–Trinajstić information content (AvgIpc) is 3.21. The second kappa shape index (κ2) is 6.14. The van der Waals surface area contributed by atoms with Crippen LogP contribution in [0.1, 0.15) is 66.2 Å². The van der Waals surface area contributed by atoms with Crippen LogP contribution in [0.2, 0.25) is 0 Å². The van der Waals surface area contributed by atoms with Crippen LogP contribution in [-0.4, -0.2) is 45.6 Å². The van der Waals surface area contributed by atoms with E-state index in [4.69, 9.17) is 14.2 Å². The largest absolute Gasteiger partial charge is 0.432 e. The molecule has 0 radical (unpaired) electrons. The van der Waals surface area contributed by atoms with E-state index in [1.54, 1.807) is 6.08 Å². The summed E-state index contributed by atoms with van der Waals surface area (Å²) in [5, 5.41) is 22.1. The van der Waals surface area contributed by atoms with E-state index >= 15 is 0 Å². The van der Waals surface area contributed by atoms with Crippen LogP contribution in [0, 0.1) is 11.3 Å². The van der Waals surface area contributed by atoms with Crippen LogP contribution in [-0.2, 0) is 19.0 Å². The zero-order valence-electron chi connectivity index (χ0n) is 17.3. The molecule has 2 heterocycles. The normalized spacial score (nSPS) is 47.3. The third-order valence-corrected chi connectivity index (χ3v) is 7.53. The van der Waals surface area contributed by atoms with Gasteiger partial charge in [-0.3, -0.25) is 4.79 Å². The van der Waals surface area contributed by atoms with Gasteiger partial charge in [-0.2, -0.15) is 0 Å². The van der Waals surface area contributed by atoms with Crippen molar-refractivity contribution in [2.75, 3.05) is 0 Å². The Balaban J connectivity index is 1.80. The molecule has 1 spiro atoms. The summed E-state index contributed by atoms with van der Waals surface area (Å²) in [6, 6.07) is 0. The predicted octanol–water partition coefficient (Wildman–Crippen LogP) is 2.98. The first-order valence-corrected chi connectivity index (χ1v) is 10.3. The molecule has 2 aliphatic heterocycles. The number of carbonyl (C=O) groups excluding carboxylic acids is 1. The lowest BCUT2D eigenvalue weighted by molar-refractivity contribution is -0.309. The minimum Gasteiger partial charge on any atom is -0.432 e. The van der Waals surface area contributed by atoms with Crippen LogP contribution >= 0.6 is 0 Å². The summed E-state index contributed by atoms with van der Waals surface area (Å²) in [5.41, 5.74) is -0.296. The van der Waals surface area contributed by atoms with E-state index in [9.17, 15) is 15.0 Å². The Morgan fingerprint density at radius 2 is 2.07 bits per heavy atom. The third-order valence-electron chi connectivity index (χ3n) is 7.53. The molecular formula is C22H32O6. The van der Waals surface area contributed by atoms with Crippen molar-refractivity contribution in [2.24, 2.45) is 11.3 Å². The molecule has 6 unspecified atom stereocenters. The van der Waals surface area contributed by atoms with Gasteiger partial charge < -0.3 is 24.4 Å². The number of epoxide rings is 1. The first-order valence-electron chi connectivity index (χ1n) is 10.3. The van der Waals surface area contributed by atoms with Gasteiger partial charge in [0.1, 0.15) is 0 Å². The molecule has 0 aromatic carbocycles. The quantitative estimate of drug-likeness (QED) is 0.405. The molecule has 2 N–H and O–H groups in total. The number of aliphatic hydroxyl groups is 2. The van der Waals surface area contributed by atoms with Crippen molar-refractivity contribution in [3.8, 4) is 0 Å². The fraction of sp³-hybridized carbons (Fsp3) is 0.773. The summed E-state index contributed by atoms with van der Waals surface area (Å²) in [6.07, 6.45) is 4.21. The molecule has 6 nitrogen and oxygen atoms in total. The third kappa shape index (κ3) is 2.51. The molecule has 2 bridgehead atoms. The van der Waals surface area contributed by atoms with Gasteiger partial charge in [-0.25, -0.2) is 0 Å². The van der Waals surface area contributed by atoms with Crippen LogP contribution in [0.25, 0.3) is 0 Å². The molecule has 2 aliphatic carbocycles. The van der Waals surface area contributed by atoms with E-state index in [0.29, 0.717) is 18.8 Å². The number of carbonyl (C=O) groups is 1. The van der Waals surface area contributed by atoms with Crippen molar-refractivity contribution in [3.63, 3.8) is 0 Å². The highest BCUT2D eigenvalue weighted by Gasteiger charge is 2.94. The van der Waals surface area contributed by atoms with E-state index in [1.807, 2.05) is 6.92 Å². The SMILES string of the molecule is C=C1CCC2CCC34OC3(C(O)(CC(C)=CC(O)C1)OC4OC(C)=O)C2(C)C. The minimum atomic E-state index is -1.62. The molecule has 0 aromatic rings. The van der Waals surface area contributed by atoms with Gasteiger partial charge in [0.2, 0.25) is 12.1 Å². The molecule has 4 rings (SSSR count). The molecule has 1 saturated carbocycles. The Morgan fingerprint density at radius 1 is 1.36 bits per heavy atom. The maximum absolute atomic E-state index is 11.8. The van der Waals surface area contributed by atoms with E-state index in [1.165, 1.54) is 6.92 Å². The van der Waals surface area contributed by atoms with Gasteiger partial charge in [-0.05, 0) is 44.9 Å². The Hall–Kier alpha value is -1.21. The van der Waals surface area contributed by atoms with E-state index < -0.39 is 35.4 Å². The van der Waals surface area contributed by atoms with Crippen molar-refractivity contribution in [2.45, 2.75) is 95.6 Å². The number of aliphatic hydroxyl groups excluding tert-OH is 1. The molecule has 4 aliphatic rings. The summed E-state index contributed by atoms with van der Waals surface area (Å²) >= 11 is 0.